The van der Waals surface area contributed by atoms with E-state index in [1.165, 1.54) is 0 Å². The monoisotopic (exact) mass is 163 g/mol. The minimum Gasteiger partial charge on any atom is -0.396 e. The normalized spacial score (nSPS) is 10.9. The third kappa shape index (κ3) is 6.26. The van der Waals surface area contributed by atoms with Gasteiger partial charge < -0.3 is 10.0 Å². The van der Waals surface area contributed by atoms with Gasteiger partial charge in [-0.3, -0.25) is 4.39 Å². The van der Waals surface area contributed by atoms with Crippen LogP contribution in [0, 0.1) is 0 Å². The molecule has 0 unspecified atom stereocenters. The Morgan fingerprint density at radius 1 is 1.27 bits per heavy atom. The van der Waals surface area contributed by atoms with Crippen LogP contribution in [0.5, 0.6) is 0 Å². The number of aliphatic hydroxyl groups is 1. The summed E-state index contributed by atoms with van der Waals surface area (Å²) in [6, 6.07) is 0. The van der Waals surface area contributed by atoms with Gasteiger partial charge in [-0.15, -0.1) is 0 Å². The minimum absolute atomic E-state index is 0.228. The average Bonchev–Trinajstić information content (AvgIpc) is 2.05. The summed E-state index contributed by atoms with van der Waals surface area (Å²) in [5.74, 6) is 0. The van der Waals surface area contributed by atoms with Crippen LogP contribution in [0.1, 0.15) is 19.8 Å². The van der Waals surface area contributed by atoms with Crippen LogP contribution in [0.3, 0.4) is 0 Å². The maximum atomic E-state index is 11.7. The summed E-state index contributed by atoms with van der Waals surface area (Å²) < 4.78 is 11.7. The van der Waals surface area contributed by atoms with E-state index in [-0.39, 0.29) is 13.3 Å². The van der Waals surface area contributed by atoms with Gasteiger partial charge in [0.15, 0.2) is 0 Å². The Balaban J connectivity index is 3.25. The quantitative estimate of drug-likeness (QED) is 0.606. The maximum absolute atomic E-state index is 11.7. The van der Waals surface area contributed by atoms with Crippen LogP contribution < -0.4 is 0 Å². The fraction of sp³-hybridized carbons (Fsp3) is 1.00. The number of halogens is 1. The SMILES string of the molecule is CCN(CCCO)CCCF. The molecule has 0 aliphatic rings. The molecule has 0 saturated heterocycles. The molecule has 2 nitrogen and oxygen atoms in total. The molecule has 0 saturated carbocycles. The smallest absolute Gasteiger partial charge is 0.0906 e. The van der Waals surface area contributed by atoms with E-state index in [9.17, 15) is 4.39 Å². The zero-order valence-electron chi connectivity index (χ0n) is 7.22. The Bertz CT molecular complexity index is 72.5. The van der Waals surface area contributed by atoms with Crippen molar-refractivity contribution in [2.24, 2.45) is 0 Å². The predicted octanol–water partition coefficient (Wildman–Crippen LogP) is 1.05. The van der Waals surface area contributed by atoms with Gasteiger partial charge in [-0.05, 0) is 19.4 Å². The zero-order chi connectivity index (χ0) is 8.53. The van der Waals surface area contributed by atoms with Crippen LogP contribution in [0.25, 0.3) is 0 Å². The molecule has 0 amide bonds. The molecular weight excluding hydrogens is 145 g/mol. The number of nitrogens with zero attached hydrogens (tertiary/aromatic N) is 1. The molecular formula is C8H18FNO. The van der Waals surface area contributed by atoms with Crippen molar-refractivity contribution < 1.29 is 9.50 Å². The van der Waals surface area contributed by atoms with Crippen molar-refractivity contribution in [3.8, 4) is 0 Å². The van der Waals surface area contributed by atoms with Gasteiger partial charge in [-0.2, -0.15) is 0 Å². The third-order valence-electron chi connectivity index (χ3n) is 1.69. The second-order valence-corrected chi connectivity index (χ2v) is 2.55. The molecule has 1 N–H and O–H groups in total. The van der Waals surface area contributed by atoms with E-state index in [1.807, 2.05) is 0 Å². The lowest BCUT2D eigenvalue weighted by atomic mass is 10.3. The van der Waals surface area contributed by atoms with E-state index >= 15 is 0 Å². The second kappa shape index (κ2) is 7.95. The van der Waals surface area contributed by atoms with E-state index in [4.69, 9.17) is 5.11 Å². The summed E-state index contributed by atoms with van der Waals surface area (Å²) in [6.45, 7) is 4.68. The summed E-state index contributed by atoms with van der Waals surface area (Å²) in [7, 11) is 0. The first-order valence-corrected chi connectivity index (χ1v) is 4.24. The number of rotatable bonds is 7. The van der Waals surface area contributed by atoms with E-state index in [1.54, 1.807) is 0 Å². The highest BCUT2D eigenvalue weighted by Gasteiger charge is 1.99. The molecule has 68 valence electrons. The van der Waals surface area contributed by atoms with Crippen molar-refractivity contribution in [3.05, 3.63) is 0 Å². The first-order chi connectivity index (χ1) is 5.35. The van der Waals surface area contributed by atoms with Crippen LogP contribution in [0.4, 0.5) is 4.39 Å². The summed E-state index contributed by atoms with van der Waals surface area (Å²) in [4.78, 5) is 2.15. The van der Waals surface area contributed by atoms with Gasteiger partial charge in [0.2, 0.25) is 0 Å². The molecule has 0 bridgehead atoms. The molecule has 0 fully saturated rings. The van der Waals surface area contributed by atoms with Crippen molar-refractivity contribution in [1.29, 1.82) is 0 Å². The summed E-state index contributed by atoms with van der Waals surface area (Å²) in [6.07, 6.45) is 1.40. The zero-order valence-corrected chi connectivity index (χ0v) is 7.22. The fourth-order valence-electron chi connectivity index (χ4n) is 1.01. The molecule has 0 atom stereocenters. The highest BCUT2D eigenvalue weighted by Crippen LogP contribution is 1.93. The Hall–Kier alpha value is -0.150. The van der Waals surface area contributed by atoms with E-state index < -0.39 is 0 Å². The molecule has 0 spiro atoms. The Morgan fingerprint density at radius 3 is 2.36 bits per heavy atom. The molecule has 0 heterocycles. The molecule has 11 heavy (non-hydrogen) atoms. The molecule has 0 rings (SSSR count). The van der Waals surface area contributed by atoms with Gasteiger partial charge >= 0.3 is 0 Å². The number of aliphatic hydroxyl groups excluding tert-OH is 1. The van der Waals surface area contributed by atoms with Gasteiger partial charge in [0.1, 0.15) is 0 Å². The van der Waals surface area contributed by atoms with Crippen LogP contribution in [-0.2, 0) is 0 Å². The van der Waals surface area contributed by atoms with Gasteiger partial charge in [0.25, 0.3) is 0 Å². The maximum Gasteiger partial charge on any atom is 0.0906 e. The van der Waals surface area contributed by atoms with Gasteiger partial charge in [0, 0.05) is 19.7 Å². The Morgan fingerprint density at radius 2 is 1.91 bits per heavy atom. The lowest BCUT2D eigenvalue weighted by molar-refractivity contribution is 0.224. The standard InChI is InChI=1S/C8H18FNO/c1-2-10(6-3-5-9)7-4-8-11/h11H,2-8H2,1H3. The largest absolute Gasteiger partial charge is 0.396 e. The van der Waals surface area contributed by atoms with Crippen molar-refractivity contribution >= 4 is 0 Å². The van der Waals surface area contributed by atoms with Crippen molar-refractivity contribution in [3.63, 3.8) is 0 Å². The predicted molar refractivity (Wildman–Crippen MR) is 44.4 cm³/mol. The number of hydrogen-bond donors (Lipinski definition) is 1. The van der Waals surface area contributed by atoms with Crippen LogP contribution in [0.2, 0.25) is 0 Å². The van der Waals surface area contributed by atoms with Crippen molar-refractivity contribution in [2.75, 3.05) is 32.9 Å². The second-order valence-electron chi connectivity index (χ2n) is 2.55. The van der Waals surface area contributed by atoms with E-state index in [2.05, 4.69) is 11.8 Å². The first kappa shape index (κ1) is 10.8. The third-order valence-corrected chi connectivity index (χ3v) is 1.69. The average molecular weight is 163 g/mol. The van der Waals surface area contributed by atoms with Crippen LogP contribution in [-0.4, -0.2) is 42.9 Å². The van der Waals surface area contributed by atoms with Gasteiger partial charge in [-0.25, -0.2) is 0 Å². The molecule has 0 aromatic heterocycles. The molecule has 3 heteroatoms. The highest BCUT2D eigenvalue weighted by molar-refractivity contribution is 4.54. The van der Waals surface area contributed by atoms with Crippen molar-refractivity contribution in [1.82, 2.24) is 4.90 Å². The van der Waals surface area contributed by atoms with Crippen LogP contribution in [0.15, 0.2) is 0 Å². The van der Waals surface area contributed by atoms with Gasteiger partial charge in [0.05, 0.1) is 6.67 Å². The number of hydrogen-bond acceptors (Lipinski definition) is 2. The summed E-state index contributed by atoms with van der Waals surface area (Å²) in [5, 5.41) is 8.54. The van der Waals surface area contributed by atoms with Crippen LogP contribution >= 0.6 is 0 Å². The molecule has 0 radical (unpaired) electrons. The Kier molecular flexibility index (Phi) is 7.84. The summed E-state index contributed by atoms with van der Waals surface area (Å²) >= 11 is 0. The fourth-order valence-corrected chi connectivity index (χ4v) is 1.01. The lowest BCUT2D eigenvalue weighted by Gasteiger charge is -2.18. The molecule has 0 aliphatic heterocycles. The Labute approximate surface area is 68.0 Å². The first-order valence-electron chi connectivity index (χ1n) is 4.24. The minimum atomic E-state index is -0.240. The molecule has 0 aliphatic carbocycles. The topological polar surface area (TPSA) is 23.5 Å². The lowest BCUT2D eigenvalue weighted by Crippen LogP contribution is -2.26. The van der Waals surface area contributed by atoms with E-state index in [0.717, 1.165) is 26.1 Å². The molecule has 0 aromatic rings. The summed E-state index contributed by atoms with van der Waals surface area (Å²) in [5.41, 5.74) is 0. The van der Waals surface area contributed by atoms with Crippen molar-refractivity contribution in [2.45, 2.75) is 19.8 Å². The van der Waals surface area contributed by atoms with Gasteiger partial charge in [-0.1, -0.05) is 6.92 Å². The molecule has 0 aromatic carbocycles. The number of alkyl halides is 1. The van der Waals surface area contributed by atoms with E-state index in [0.29, 0.717) is 6.42 Å². The highest BCUT2D eigenvalue weighted by atomic mass is 19.1.